The number of hydrogen-bond acceptors (Lipinski definition) is 2. The molecule has 0 atom stereocenters. The molecule has 0 aromatic heterocycles. The predicted octanol–water partition coefficient (Wildman–Crippen LogP) is 2.39. The first-order valence-corrected chi connectivity index (χ1v) is 8.43. The minimum absolute atomic E-state index is 0.725. The van der Waals surface area contributed by atoms with Gasteiger partial charge in [0.2, 0.25) is 0 Å². The zero-order valence-corrected chi connectivity index (χ0v) is 14.2. The quantitative estimate of drug-likeness (QED) is 0.648. The normalized spacial score (nSPS) is 17.5. The number of nitrogens with zero attached hydrogens (tertiary/aromatic N) is 2. The fourth-order valence-corrected chi connectivity index (χ4v) is 2.71. The summed E-state index contributed by atoms with van der Waals surface area (Å²) in [6.45, 7) is 9.29. The third-order valence-corrected chi connectivity index (χ3v) is 4.28. The highest BCUT2D eigenvalue weighted by Crippen LogP contribution is 2.14. The van der Waals surface area contributed by atoms with Crippen molar-refractivity contribution in [2.24, 2.45) is 10.9 Å². The molecule has 0 amide bonds. The van der Waals surface area contributed by atoms with Crippen LogP contribution in [0.5, 0.6) is 0 Å². The fourth-order valence-electron chi connectivity index (χ4n) is 2.71. The lowest BCUT2D eigenvalue weighted by molar-refractivity contribution is 0.220. The van der Waals surface area contributed by atoms with Gasteiger partial charge in [-0.05, 0) is 58.3 Å². The fraction of sp³-hybridized carbons (Fsp3) is 0.611. The molecule has 0 unspecified atom stereocenters. The third-order valence-electron chi connectivity index (χ3n) is 4.28. The third kappa shape index (κ3) is 5.68. The summed E-state index contributed by atoms with van der Waals surface area (Å²) in [5, 5.41) is 6.85. The van der Waals surface area contributed by atoms with Gasteiger partial charge in [-0.3, -0.25) is 0 Å². The highest BCUT2D eigenvalue weighted by Gasteiger charge is 2.16. The number of guanidine groups is 1. The summed E-state index contributed by atoms with van der Waals surface area (Å²) in [7, 11) is 2.21. The van der Waals surface area contributed by atoms with Gasteiger partial charge in [-0.1, -0.05) is 29.8 Å². The summed E-state index contributed by atoms with van der Waals surface area (Å²) in [5.41, 5.74) is 2.54. The second-order valence-electron chi connectivity index (χ2n) is 6.31. The van der Waals surface area contributed by atoms with Crippen LogP contribution in [0.4, 0.5) is 0 Å². The van der Waals surface area contributed by atoms with Crippen LogP contribution < -0.4 is 10.6 Å². The molecule has 1 aromatic carbocycles. The average Bonchev–Trinajstić information content (AvgIpc) is 2.53. The van der Waals surface area contributed by atoms with Crippen LogP contribution in [0.25, 0.3) is 0 Å². The number of nitrogens with one attached hydrogen (secondary N) is 2. The van der Waals surface area contributed by atoms with E-state index in [9.17, 15) is 0 Å². The van der Waals surface area contributed by atoms with Crippen LogP contribution in [0.3, 0.4) is 0 Å². The molecule has 1 aliphatic rings. The molecular weight excluding hydrogens is 272 g/mol. The smallest absolute Gasteiger partial charge is 0.191 e. The van der Waals surface area contributed by atoms with Crippen molar-refractivity contribution in [2.75, 3.05) is 33.2 Å². The van der Waals surface area contributed by atoms with Gasteiger partial charge < -0.3 is 15.5 Å². The van der Waals surface area contributed by atoms with E-state index in [1.165, 1.54) is 37.1 Å². The molecule has 0 aliphatic carbocycles. The van der Waals surface area contributed by atoms with Gasteiger partial charge in [0.15, 0.2) is 5.96 Å². The monoisotopic (exact) mass is 302 g/mol. The SMILES string of the molecule is CCNC(=NCc1ccc(C)cc1)NCC1CCN(C)CC1. The second-order valence-corrected chi connectivity index (χ2v) is 6.31. The molecule has 122 valence electrons. The van der Waals surface area contributed by atoms with E-state index in [4.69, 9.17) is 4.99 Å². The van der Waals surface area contributed by atoms with E-state index in [1.807, 2.05) is 0 Å². The summed E-state index contributed by atoms with van der Waals surface area (Å²) < 4.78 is 0. The van der Waals surface area contributed by atoms with Crippen LogP contribution in [0, 0.1) is 12.8 Å². The number of likely N-dealkylation sites (tertiary alicyclic amines) is 1. The molecule has 0 spiro atoms. The number of aliphatic imine (C=N–C) groups is 1. The van der Waals surface area contributed by atoms with Crippen molar-refractivity contribution in [1.29, 1.82) is 0 Å². The molecule has 22 heavy (non-hydrogen) atoms. The Balaban J connectivity index is 1.83. The molecule has 1 saturated heterocycles. The molecule has 2 rings (SSSR count). The highest BCUT2D eigenvalue weighted by atomic mass is 15.2. The van der Waals surface area contributed by atoms with Crippen LogP contribution >= 0.6 is 0 Å². The Hall–Kier alpha value is -1.55. The number of hydrogen-bond donors (Lipinski definition) is 2. The van der Waals surface area contributed by atoms with Crippen molar-refractivity contribution in [1.82, 2.24) is 15.5 Å². The van der Waals surface area contributed by atoms with Gasteiger partial charge in [0.05, 0.1) is 6.54 Å². The lowest BCUT2D eigenvalue weighted by Gasteiger charge is -2.29. The van der Waals surface area contributed by atoms with E-state index < -0.39 is 0 Å². The van der Waals surface area contributed by atoms with Crippen LogP contribution in [-0.2, 0) is 6.54 Å². The Labute approximate surface area is 135 Å². The van der Waals surface area contributed by atoms with E-state index >= 15 is 0 Å². The van der Waals surface area contributed by atoms with Crippen molar-refractivity contribution in [2.45, 2.75) is 33.2 Å². The van der Waals surface area contributed by atoms with Gasteiger partial charge in [0, 0.05) is 13.1 Å². The van der Waals surface area contributed by atoms with Gasteiger partial charge in [-0.15, -0.1) is 0 Å². The van der Waals surface area contributed by atoms with Gasteiger partial charge in [0.25, 0.3) is 0 Å². The summed E-state index contributed by atoms with van der Waals surface area (Å²) in [4.78, 5) is 7.11. The molecule has 0 bridgehead atoms. The number of piperidine rings is 1. The summed E-state index contributed by atoms with van der Waals surface area (Å²) in [6.07, 6.45) is 2.56. The molecule has 1 aromatic rings. The number of rotatable bonds is 5. The Morgan fingerprint density at radius 1 is 1.18 bits per heavy atom. The maximum Gasteiger partial charge on any atom is 0.191 e. The van der Waals surface area contributed by atoms with Crippen molar-refractivity contribution in [3.8, 4) is 0 Å². The van der Waals surface area contributed by atoms with Crippen molar-refractivity contribution < 1.29 is 0 Å². The lowest BCUT2D eigenvalue weighted by Crippen LogP contribution is -2.42. The molecule has 2 N–H and O–H groups in total. The first-order valence-electron chi connectivity index (χ1n) is 8.43. The van der Waals surface area contributed by atoms with E-state index in [2.05, 4.69) is 60.7 Å². The van der Waals surface area contributed by atoms with E-state index in [-0.39, 0.29) is 0 Å². The lowest BCUT2D eigenvalue weighted by atomic mass is 9.97. The maximum absolute atomic E-state index is 4.70. The van der Waals surface area contributed by atoms with Crippen LogP contribution in [-0.4, -0.2) is 44.1 Å². The zero-order valence-electron chi connectivity index (χ0n) is 14.2. The van der Waals surface area contributed by atoms with Crippen molar-refractivity contribution in [3.05, 3.63) is 35.4 Å². The molecule has 0 saturated carbocycles. The first kappa shape index (κ1) is 16.8. The summed E-state index contributed by atoms with van der Waals surface area (Å²) in [5.74, 6) is 1.70. The summed E-state index contributed by atoms with van der Waals surface area (Å²) >= 11 is 0. The van der Waals surface area contributed by atoms with Gasteiger partial charge in [0.1, 0.15) is 0 Å². The van der Waals surface area contributed by atoms with Crippen molar-refractivity contribution in [3.63, 3.8) is 0 Å². The largest absolute Gasteiger partial charge is 0.357 e. The first-order chi connectivity index (χ1) is 10.7. The topological polar surface area (TPSA) is 39.7 Å². The average molecular weight is 302 g/mol. The molecule has 1 fully saturated rings. The van der Waals surface area contributed by atoms with Gasteiger partial charge in [-0.25, -0.2) is 4.99 Å². The second kappa shape index (κ2) is 8.79. The molecule has 4 nitrogen and oxygen atoms in total. The van der Waals surface area contributed by atoms with E-state index in [0.717, 1.165) is 31.5 Å². The molecule has 4 heteroatoms. The Bertz CT molecular complexity index is 458. The Morgan fingerprint density at radius 3 is 2.50 bits per heavy atom. The van der Waals surface area contributed by atoms with Gasteiger partial charge in [-0.2, -0.15) is 0 Å². The molecular formula is C18H30N4. The van der Waals surface area contributed by atoms with Crippen LogP contribution in [0.2, 0.25) is 0 Å². The Morgan fingerprint density at radius 2 is 1.86 bits per heavy atom. The number of benzene rings is 1. The van der Waals surface area contributed by atoms with Gasteiger partial charge >= 0.3 is 0 Å². The van der Waals surface area contributed by atoms with Crippen molar-refractivity contribution >= 4 is 5.96 Å². The van der Waals surface area contributed by atoms with E-state index in [0.29, 0.717) is 0 Å². The Kier molecular flexibility index (Phi) is 6.72. The number of aryl methyl sites for hydroxylation is 1. The molecule has 1 aliphatic heterocycles. The molecule has 1 heterocycles. The van der Waals surface area contributed by atoms with Crippen LogP contribution in [0.15, 0.2) is 29.3 Å². The molecule has 0 radical (unpaired) electrons. The van der Waals surface area contributed by atoms with E-state index in [1.54, 1.807) is 0 Å². The summed E-state index contributed by atoms with van der Waals surface area (Å²) in [6, 6.07) is 8.59. The maximum atomic E-state index is 4.70. The zero-order chi connectivity index (χ0) is 15.8. The minimum Gasteiger partial charge on any atom is -0.357 e. The highest BCUT2D eigenvalue weighted by molar-refractivity contribution is 5.79. The minimum atomic E-state index is 0.725. The predicted molar refractivity (Wildman–Crippen MR) is 94.2 cm³/mol. The van der Waals surface area contributed by atoms with Crippen LogP contribution in [0.1, 0.15) is 30.9 Å². The standard InChI is InChI=1S/C18H30N4/c1-4-19-18(20-13-16-7-5-15(2)6-8-16)21-14-17-9-11-22(3)12-10-17/h5-8,17H,4,9-14H2,1-3H3,(H2,19,20,21).